The normalized spacial score (nSPS) is 19.4. The highest BCUT2D eigenvalue weighted by atomic mass is 32.1. The van der Waals surface area contributed by atoms with Crippen molar-refractivity contribution in [2.45, 2.75) is 19.5 Å². The third kappa shape index (κ3) is 4.14. The highest BCUT2D eigenvalue weighted by Gasteiger charge is 2.25. The number of halogens is 2. The van der Waals surface area contributed by atoms with Crippen molar-refractivity contribution in [2.24, 2.45) is 5.92 Å². The van der Waals surface area contributed by atoms with Gasteiger partial charge in [0.15, 0.2) is 12.5 Å². The molecule has 2 atom stereocenters. The fourth-order valence-corrected chi connectivity index (χ4v) is 4.22. The quantitative estimate of drug-likeness (QED) is 0.628. The van der Waals surface area contributed by atoms with Gasteiger partial charge in [0, 0.05) is 17.5 Å². The molecule has 0 saturated carbocycles. The fourth-order valence-electron chi connectivity index (χ4n) is 3.93. The number of rotatable bonds is 5. The summed E-state index contributed by atoms with van der Waals surface area (Å²) >= 11 is 5.65. The Bertz CT molecular complexity index is 1050. The van der Waals surface area contributed by atoms with Crippen molar-refractivity contribution in [3.63, 3.8) is 0 Å². The molecule has 4 rings (SSSR count). The monoisotopic (exact) mass is 417 g/mol. The van der Waals surface area contributed by atoms with Crippen molar-refractivity contribution in [3.8, 4) is 17.1 Å². The van der Waals surface area contributed by atoms with Crippen LogP contribution in [0.5, 0.6) is 0 Å². The van der Waals surface area contributed by atoms with Crippen LogP contribution in [-0.4, -0.2) is 39.2 Å². The molecule has 1 aliphatic heterocycles. The average molecular weight is 418 g/mol. The summed E-state index contributed by atoms with van der Waals surface area (Å²) in [5, 5.41) is 14.2. The first-order chi connectivity index (χ1) is 14.1. The molecule has 5 nitrogen and oxygen atoms in total. The van der Waals surface area contributed by atoms with Crippen molar-refractivity contribution in [1.29, 1.82) is 0 Å². The van der Waals surface area contributed by atoms with Gasteiger partial charge >= 0.3 is 0 Å². The summed E-state index contributed by atoms with van der Waals surface area (Å²) in [6.07, 6.45) is 2.06. The summed E-state index contributed by atoms with van der Waals surface area (Å²) < 4.78 is 31.7. The minimum absolute atomic E-state index is 0.170. The highest BCUT2D eigenvalue weighted by molar-refractivity contribution is 7.71. The predicted molar refractivity (Wildman–Crippen MR) is 108 cm³/mol. The molecule has 2 heterocycles. The van der Waals surface area contributed by atoms with Gasteiger partial charge in [0.1, 0.15) is 11.6 Å². The summed E-state index contributed by atoms with van der Waals surface area (Å²) in [5.41, 5.74) is 0.964. The van der Waals surface area contributed by atoms with E-state index in [1.165, 1.54) is 17.0 Å². The molecule has 29 heavy (non-hydrogen) atoms. The zero-order chi connectivity index (χ0) is 20.4. The number of quaternary nitrogens is 1. The van der Waals surface area contributed by atoms with E-state index in [1.54, 1.807) is 9.25 Å². The lowest BCUT2D eigenvalue weighted by molar-refractivity contribution is -0.931. The van der Waals surface area contributed by atoms with Crippen molar-refractivity contribution in [3.05, 3.63) is 64.9 Å². The van der Waals surface area contributed by atoms with Gasteiger partial charge in [-0.25, -0.2) is 8.78 Å². The molecular weight excluding hydrogens is 394 g/mol. The van der Waals surface area contributed by atoms with E-state index < -0.39 is 11.6 Å². The molecule has 0 aliphatic carbocycles. The standard InChI is InChI=1S/C21H22F2N4OS/c22-17-8-9-19(18(23)11-17)27-20(16-6-2-1-3-7-16)24-26(21(27)29)14-25-10-4-5-15(12-25)13-28/h1-3,6-9,11,15,28H,4-5,10,12-14H2/p+1/t15-/m1/s1. The maximum Gasteiger partial charge on any atom is 0.207 e. The summed E-state index contributed by atoms with van der Waals surface area (Å²) in [4.78, 5) is 1.27. The lowest BCUT2D eigenvalue weighted by Crippen LogP contribution is -3.13. The van der Waals surface area contributed by atoms with Crippen LogP contribution in [0.1, 0.15) is 12.8 Å². The Morgan fingerprint density at radius 2 is 1.97 bits per heavy atom. The third-order valence-corrected chi connectivity index (χ3v) is 5.77. The van der Waals surface area contributed by atoms with Crippen LogP contribution >= 0.6 is 12.2 Å². The molecule has 152 valence electrons. The highest BCUT2D eigenvalue weighted by Crippen LogP contribution is 2.24. The van der Waals surface area contributed by atoms with Crippen molar-refractivity contribution < 1.29 is 18.8 Å². The van der Waals surface area contributed by atoms with Gasteiger partial charge in [-0.15, -0.1) is 5.10 Å². The maximum atomic E-state index is 14.6. The second-order valence-corrected chi connectivity index (χ2v) is 7.82. The summed E-state index contributed by atoms with van der Waals surface area (Å²) in [6, 6.07) is 12.9. The van der Waals surface area contributed by atoms with Gasteiger partial charge in [-0.1, -0.05) is 30.3 Å². The van der Waals surface area contributed by atoms with Crippen LogP contribution < -0.4 is 4.90 Å². The number of aliphatic hydroxyl groups excluding tert-OH is 1. The molecule has 0 bridgehead atoms. The Kier molecular flexibility index (Phi) is 5.84. The summed E-state index contributed by atoms with van der Waals surface area (Å²) in [5.74, 6) is -0.544. The van der Waals surface area contributed by atoms with Gasteiger partial charge in [-0.3, -0.25) is 4.57 Å². The Morgan fingerprint density at radius 3 is 2.69 bits per heavy atom. The molecule has 0 spiro atoms. The summed E-state index contributed by atoms with van der Waals surface area (Å²) in [6.45, 7) is 2.53. The molecule has 1 aliphatic rings. The maximum absolute atomic E-state index is 14.6. The van der Waals surface area contributed by atoms with Crippen molar-refractivity contribution in [2.75, 3.05) is 19.7 Å². The van der Waals surface area contributed by atoms with Gasteiger partial charge < -0.3 is 10.0 Å². The lowest BCUT2D eigenvalue weighted by atomic mass is 10.00. The van der Waals surface area contributed by atoms with Crippen molar-refractivity contribution >= 4 is 12.2 Å². The Balaban J connectivity index is 1.78. The van der Waals surface area contributed by atoms with Crippen LogP contribution in [0.4, 0.5) is 8.78 Å². The van der Waals surface area contributed by atoms with Gasteiger partial charge in [0.05, 0.1) is 25.4 Å². The second-order valence-electron chi connectivity index (χ2n) is 7.46. The van der Waals surface area contributed by atoms with Crippen LogP contribution in [0.15, 0.2) is 48.5 Å². The number of hydrogen-bond acceptors (Lipinski definition) is 3. The molecule has 8 heteroatoms. The van der Waals surface area contributed by atoms with E-state index in [4.69, 9.17) is 17.3 Å². The molecular formula is C21H23F2N4OS+. The molecule has 1 aromatic heterocycles. The molecule has 3 aromatic rings. The predicted octanol–water partition coefficient (Wildman–Crippen LogP) is 2.59. The van der Waals surface area contributed by atoms with E-state index in [-0.39, 0.29) is 18.2 Å². The first-order valence-corrected chi connectivity index (χ1v) is 10.1. The first-order valence-electron chi connectivity index (χ1n) is 9.72. The van der Waals surface area contributed by atoms with E-state index in [0.717, 1.165) is 37.6 Å². The fraction of sp³-hybridized carbons (Fsp3) is 0.333. The number of nitrogens with one attached hydrogen (secondary N) is 1. The SMILES string of the molecule is OC[C@@H]1CCC[NH+](Cn2nc(-c3ccccc3)n(-c3ccc(F)cc3F)c2=S)C1. The van der Waals surface area contributed by atoms with E-state index >= 15 is 0 Å². The van der Waals surface area contributed by atoms with E-state index in [1.807, 2.05) is 30.3 Å². The van der Waals surface area contributed by atoms with Gasteiger partial charge in [-0.2, -0.15) is 4.68 Å². The van der Waals surface area contributed by atoms with Crippen LogP contribution in [0.3, 0.4) is 0 Å². The molecule has 2 N–H and O–H groups in total. The Hall–Kier alpha value is -2.42. The zero-order valence-corrected chi connectivity index (χ0v) is 16.7. The van der Waals surface area contributed by atoms with Gasteiger partial charge in [-0.05, 0) is 37.2 Å². The first kappa shape index (κ1) is 19.9. The van der Waals surface area contributed by atoms with Crippen LogP contribution in [0, 0.1) is 22.3 Å². The molecule has 2 aromatic carbocycles. The molecule has 1 unspecified atom stereocenters. The largest absolute Gasteiger partial charge is 0.396 e. The molecule has 1 saturated heterocycles. The van der Waals surface area contributed by atoms with Crippen LogP contribution in [0.2, 0.25) is 0 Å². The topological polar surface area (TPSA) is 47.4 Å². The Labute approximate surface area is 172 Å². The number of aliphatic hydroxyl groups is 1. The molecule has 0 radical (unpaired) electrons. The number of piperidine rings is 1. The number of aromatic nitrogens is 3. The third-order valence-electron chi connectivity index (χ3n) is 5.37. The van der Waals surface area contributed by atoms with Gasteiger partial charge in [0.2, 0.25) is 4.77 Å². The number of hydrogen-bond donors (Lipinski definition) is 2. The van der Waals surface area contributed by atoms with E-state index in [2.05, 4.69) is 0 Å². The number of benzene rings is 2. The Morgan fingerprint density at radius 1 is 1.17 bits per heavy atom. The minimum atomic E-state index is -0.691. The average Bonchev–Trinajstić information content (AvgIpc) is 3.05. The van der Waals surface area contributed by atoms with Gasteiger partial charge in [0.25, 0.3) is 0 Å². The molecule has 0 amide bonds. The smallest absolute Gasteiger partial charge is 0.207 e. The summed E-state index contributed by atoms with van der Waals surface area (Å²) in [7, 11) is 0. The zero-order valence-electron chi connectivity index (χ0n) is 15.9. The van der Waals surface area contributed by atoms with Crippen molar-refractivity contribution in [1.82, 2.24) is 14.3 Å². The number of nitrogens with zero attached hydrogens (tertiary/aromatic N) is 3. The second kappa shape index (κ2) is 8.52. The number of likely N-dealkylation sites (tertiary alicyclic amines) is 1. The van der Waals surface area contributed by atoms with Crippen LogP contribution in [0.25, 0.3) is 17.1 Å². The lowest BCUT2D eigenvalue weighted by Gasteiger charge is -2.28. The minimum Gasteiger partial charge on any atom is -0.396 e. The van der Waals surface area contributed by atoms with E-state index in [0.29, 0.717) is 17.3 Å². The van der Waals surface area contributed by atoms with E-state index in [9.17, 15) is 13.9 Å². The van der Waals surface area contributed by atoms with Crippen LogP contribution in [-0.2, 0) is 6.67 Å². The molecule has 1 fully saturated rings.